The minimum Gasteiger partial charge on any atom is -0.316 e. The predicted octanol–water partition coefficient (Wildman–Crippen LogP) is 2.01. The Balaban J connectivity index is 1.89. The summed E-state index contributed by atoms with van der Waals surface area (Å²) >= 11 is 0. The zero-order valence-corrected chi connectivity index (χ0v) is 13.0. The summed E-state index contributed by atoms with van der Waals surface area (Å²) in [5.74, 6) is 0.787. The van der Waals surface area contributed by atoms with Gasteiger partial charge in [0.05, 0.1) is 5.75 Å². The Bertz CT molecular complexity index is 521. The van der Waals surface area contributed by atoms with Gasteiger partial charge >= 0.3 is 0 Å². The van der Waals surface area contributed by atoms with Gasteiger partial charge in [-0.2, -0.15) is 0 Å². The molecule has 0 aromatic heterocycles. The topological polar surface area (TPSA) is 58.2 Å². The lowest BCUT2D eigenvalue weighted by molar-refractivity contribution is 0.529. The summed E-state index contributed by atoms with van der Waals surface area (Å²) < 4.78 is 27.0. The standard InChI is InChI=1S/C15H24N2O2S/c1-12(9-13-3-4-13)17-20(18,19)11-15-7-5-14(6-8-15)10-16-2/h5-8,12-13,16-17H,3-4,9-11H2,1-2H3. The fourth-order valence-corrected chi connectivity index (χ4v) is 3.85. The van der Waals surface area contributed by atoms with E-state index in [1.807, 2.05) is 38.2 Å². The van der Waals surface area contributed by atoms with Crippen molar-refractivity contribution in [2.45, 2.75) is 44.5 Å². The van der Waals surface area contributed by atoms with E-state index < -0.39 is 10.0 Å². The molecule has 1 aromatic carbocycles. The van der Waals surface area contributed by atoms with Gasteiger partial charge in [0.25, 0.3) is 0 Å². The third-order valence-electron chi connectivity index (χ3n) is 3.53. The molecule has 1 fully saturated rings. The first-order valence-corrected chi connectivity index (χ1v) is 8.86. The number of benzene rings is 1. The SMILES string of the molecule is CNCc1ccc(CS(=O)(=O)NC(C)CC2CC2)cc1. The van der Waals surface area contributed by atoms with Crippen LogP contribution in [0.1, 0.15) is 37.3 Å². The van der Waals surface area contributed by atoms with E-state index >= 15 is 0 Å². The summed E-state index contributed by atoms with van der Waals surface area (Å²) in [6.07, 6.45) is 3.46. The van der Waals surface area contributed by atoms with Gasteiger partial charge in [-0.1, -0.05) is 37.1 Å². The molecule has 112 valence electrons. The van der Waals surface area contributed by atoms with E-state index in [0.717, 1.165) is 30.0 Å². The van der Waals surface area contributed by atoms with Crippen LogP contribution in [-0.4, -0.2) is 21.5 Å². The molecule has 5 heteroatoms. The lowest BCUT2D eigenvalue weighted by Crippen LogP contribution is -2.33. The highest BCUT2D eigenvalue weighted by Crippen LogP contribution is 2.33. The molecular formula is C15H24N2O2S. The Morgan fingerprint density at radius 3 is 2.35 bits per heavy atom. The molecule has 1 saturated carbocycles. The number of hydrogen-bond acceptors (Lipinski definition) is 3. The fourth-order valence-electron chi connectivity index (χ4n) is 2.43. The van der Waals surface area contributed by atoms with Crippen LogP contribution in [0.3, 0.4) is 0 Å². The molecule has 2 N–H and O–H groups in total. The van der Waals surface area contributed by atoms with Crippen LogP contribution >= 0.6 is 0 Å². The summed E-state index contributed by atoms with van der Waals surface area (Å²) in [6.45, 7) is 2.75. The van der Waals surface area contributed by atoms with Gasteiger partial charge in [-0.05, 0) is 37.4 Å². The molecule has 0 bridgehead atoms. The lowest BCUT2D eigenvalue weighted by atomic mass is 10.1. The summed E-state index contributed by atoms with van der Waals surface area (Å²) in [5.41, 5.74) is 1.99. The van der Waals surface area contributed by atoms with Crippen LogP contribution in [0.5, 0.6) is 0 Å². The molecule has 0 amide bonds. The Kier molecular flexibility index (Phi) is 5.18. The number of nitrogens with one attached hydrogen (secondary N) is 2. The summed E-state index contributed by atoms with van der Waals surface area (Å²) in [4.78, 5) is 0. The summed E-state index contributed by atoms with van der Waals surface area (Å²) in [5, 5.41) is 3.07. The maximum atomic E-state index is 12.1. The first-order chi connectivity index (χ1) is 9.48. The van der Waals surface area contributed by atoms with Crippen molar-refractivity contribution in [1.29, 1.82) is 0 Å². The predicted molar refractivity (Wildman–Crippen MR) is 81.8 cm³/mol. The highest BCUT2D eigenvalue weighted by molar-refractivity contribution is 7.88. The largest absolute Gasteiger partial charge is 0.316 e. The second kappa shape index (κ2) is 6.70. The van der Waals surface area contributed by atoms with Gasteiger partial charge in [0.15, 0.2) is 0 Å². The van der Waals surface area contributed by atoms with Gasteiger partial charge in [0, 0.05) is 12.6 Å². The number of hydrogen-bond donors (Lipinski definition) is 2. The Hall–Kier alpha value is -0.910. The van der Waals surface area contributed by atoms with Crippen LogP contribution < -0.4 is 10.0 Å². The highest BCUT2D eigenvalue weighted by Gasteiger charge is 2.25. The second-order valence-corrected chi connectivity index (χ2v) is 7.56. The molecular weight excluding hydrogens is 272 g/mol. The van der Waals surface area contributed by atoms with Crippen molar-refractivity contribution in [1.82, 2.24) is 10.0 Å². The van der Waals surface area contributed by atoms with E-state index in [4.69, 9.17) is 0 Å². The molecule has 0 heterocycles. The normalized spacial score (nSPS) is 17.1. The maximum Gasteiger partial charge on any atom is 0.216 e. The van der Waals surface area contributed by atoms with Crippen LogP contribution in [0.15, 0.2) is 24.3 Å². The van der Waals surface area contributed by atoms with Crippen molar-refractivity contribution in [3.05, 3.63) is 35.4 Å². The molecule has 0 spiro atoms. The third-order valence-corrected chi connectivity index (χ3v) is 5.00. The molecule has 1 atom stereocenters. The molecule has 0 aliphatic heterocycles. The van der Waals surface area contributed by atoms with Gasteiger partial charge in [0.2, 0.25) is 10.0 Å². The average molecular weight is 296 g/mol. The van der Waals surface area contributed by atoms with Crippen molar-refractivity contribution < 1.29 is 8.42 Å². The molecule has 0 saturated heterocycles. The molecule has 2 rings (SSSR count). The van der Waals surface area contributed by atoms with Crippen molar-refractivity contribution in [3.63, 3.8) is 0 Å². The Morgan fingerprint density at radius 1 is 1.20 bits per heavy atom. The van der Waals surface area contributed by atoms with Gasteiger partial charge in [-0.3, -0.25) is 0 Å². The van der Waals surface area contributed by atoms with E-state index in [9.17, 15) is 8.42 Å². The van der Waals surface area contributed by atoms with Crippen LogP contribution in [0.25, 0.3) is 0 Å². The lowest BCUT2D eigenvalue weighted by Gasteiger charge is -2.14. The van der Waals surface area contributed by atoms with Crippen LogP contribution in [-0.2, 0) is 22.3 Å². The Labute approximate surface area is 122 Å². The molecule has 1 aliphatic rings. The first kappa shape index (κ1) is 15.5. The molecule has 4 nitrogen and oxygen atoms in total. The zero-order valence-electron chi connectivity index (χ0n) is 12.2. The first-order valence-electron chi connectivity index (χ1n) is 7.21. The summed E-state index contributed by atoms with van der Waals surface area (Å²) in [6, 6.07) is 7.75. The van der Waals surface area contributed by atoms with E-state index in [-0.39, 0.29) is 11.8 Å². The van der Waals surface area contributed by atoms with Crippen molar-refractivity contribution in [2.75, 3.05) is 7.05 Å². The third kappa shape index (κ3) is 5.23. The average Bonchev–Trinajstić information content (AvgIpc) is 3.14. The van der Waals surface area contributed by atoms with Gasteiger partial charge in [-0.15, -0.1) is 0 Å². The smallest absolute Gasteiger partial charge is 0.216 e. The summed E-state index contributed by atoms with van der Waals surface area (Å²) in [7, 11) is -1.35. The monoisotopic (exact) mass is 296 g/mol. The van der Waals surface area contributed by atoms with E-state index in [1.165, 1.54) is 12.8 Å². The molecule has 1 aromatic rings. The molecule has 20 heavy (non-hydrogen) atoms. The number of rotatable bonds is 8. The van der Waals surface area contributed by atoms with Crippen LogP contribution in [0.4, 0.5) is 0 Å². The highest BCUT2D eigenvalue weighted by atomic mass is 32.2. The Morgan fingerprint density at radius 2 is 1.80 bits per heavy atom. The maximum absolute atomic E-state index is 12.1. The van der Waals surface area contributed by atoms with E-state index in [0.29, 0.717) is 0 Å². The van der Waals surface area contributed by atoms with Crippen molar-refractivity contribution >= 4 is 10.0 Å². The fraction of sp³-hybridized carbons (Fsp3) is 0.600. The molecule has 0 radical (unpaired) electrons. The zero-order chi connectivity index (χ0) is 14.6. The minimum atomic E-state index is -3.24. The van der Waals surface area contributed by atoms with E-state index in [1.54, 1.807) is 0 Å². The number of sulfonamides is 1. The van der Waals surface area contributed by atoms with Crippen molar-refractivity contribution in [3.8, 4) is 0 Å². The van der Waals surface area contributed by atoms with Gasteiger partial charge in [0.1, 0.15) is 0 Å². The van der Waals surface area contributed by atoms with Crippen LogP contribution in [0.2, 0.25) is 0 Å². The quantitative estimate of drug-likeness (QED) is 0.771. The van der Waals surface area contributed by atoms with E-state index in [2.05, 4.69) is 10.0 Å². The molecule has 1 unspecified atom stereocenters. The van der Waals surface area contributed by atoms with Gasteiger partial charge < -0.3 is 5.32 Å². The molecule has 1 aliphatic carbocycles. The van der Waals surface area contributed by atoms with Crippen molar-refractivity contribution in [2.24, 2.45) is 5.92 Å². The van der Waals surface area contributed by atoms with Gasteiger partial charge in [-0.25, -0.2) is 13.1 Å². The minimum absolute atomic E-state index is 0.0380. The van der Waals surface area contributed by atoms with Crippen LogP contribution in [0, 0.1) is 5.92 Å². The second-order valence-electron chi connectivity index (χ2n) is 5.80.